The van der Waals surface area contributed by atoms with Crippen LogP contribution < -0.4 is 0 Å². The highest BCUT2D eigenvalue weighted by atomic mass is 32.1. The second-order valence-electron chi connectivity index (χ2n) is 13.5. The van der Waals surface area contributed by atoms with Crippen LogP contribution in [0.1, 0.15) is 0 Å². The van der Waals surface area contributed by atoms with E-state index in [9.17, 15) is 0 Å². The molecule has 3 heterocycles. The Morgan fingerprint density at radius 2 is 1.06 bits per heavy atom. The summed E-state index contributed by atoms with van der Waals surface area (Å²) < 4.78 is 10.8. The monoisotopic (exact) mass is 692 g/mol. The van der Waals surface area contributed by atoms with Gasteiger partial charge in [-0.05, 0) is 93.4 Å². The zero-order valence-electron chi connectivity index (χ0n) is 28.4. The van der Waals surface area contributed by atoms with Gasteiger partial charge >= 0.3 is 0 Å². The summed E-state index contributed by atoms with van der Waals surface area (Å²) in [5, 5.41) is 6.82. The molecule has 0 N–H and O–H groups in total. The van der Waals surface area contributed by atoms with Crippen molar-refractivity contribution in [3.8, 4) is 39.1 Å². The molecule has 53 heavy (non-hydrogen) atoms. The van der Waals surface area contributed by atoms with Crippen LogP contribution in [0.25, 0.3) is 108 Å². The molecule has 0 bridgehead atoms. The van der Waals surface area contributed by atoms with Crippen LogP contribution >= 0.6 is 11.3 Å². The topological polar surface area (TPSA) is 22.4 Å². The Bertz CT molecular complexity index is 3190. The van der Waals surface area contributed by atoms with Crippen molar-refractivity contribution in [2.24, 2.45) is 0 Å². The minimum atomic E-state index is 0.664. The van der Waals surface area contributed by atoms with Gasteiger partial charge in [-0.2, -0.15) is 0 Å². The van der Waals surface area contributed by atoms with Crippen molar-refractivity contribution in [1.29, 1.82) is 0 Å². The number of benzene rings is 8. The van der Waals surface area contributed by atoms with Crippen molar-refractivity contribution in [3.05, 3.63) is 181 Å². The molecule has 11 rings (SSSR count). The summed E-state index contributed by atoms with van der Waals surface area (Å²) in [5.41, 5.74) is 12.7. The number of rotatable bonds is 4. The van der Waals surface area contributed by atoms with Crippen LogP contribution in [0.2, 0.25) is 0 Å². The van der Waals surface area contributed by atoms with Crippen LogP contribution in [-0.4, -0.2) is 4.57 Å². The van der Waals surface area contributed by atoms with E-state index in [0.29, 0.717) is 5.69 Å². The number of hydrogen-bond donors (Lipinski definition) is 0. The molecule has 0 unspecified atom stereocenters. The smallest absolute Gasteiger partial charge is 0.205 e. The lowest BCUT2D eigenvalue weighted by Gasteiger charge is -2.10. The average Bonchev–Trinajstić information content (AvgIpc) is 3.90. The van der Waals surface area contributed by atoms with Crippen molar-refractivity contribution < 1.29 is 4.42 Å². The lowest BCUT2D eigenvalue weighted by molar-refractivity contribution is 0.669. The number of fused-ring (bicyclic) bond motifs is 9. The molecule has 0 aliphatic carbocycles. The summed E-state index contributed by atoms with van der Waals surface area (Å²) >= 11 is 1.71. The summed E-state index contributed by atoms with van der Waals surface area (Å²) in [6.07, 6.45) is 0. The molecule has 0 aliphatic rings. The van der Waals surface area contributed by atoms with Crippen LogP contribution in [0, 0.1) is 6.57 Å². The number of para-hydroxylation sites is 1. The maximum atomic E-state index is 8.32. The Morgan fingerprint density at radius 1 is 0.453 bits per heavy atom. The van der Waals surface area contributed by atoms with E-state index in [4.69, 9.17) is 11.0 Å². The van der Waals surface area contributed by atoms with Gasteiger partial charge in [0.1, 0.15) is 11.2 Å². The van der Waals surface area contributed by atoms with Crippen molar-refractivity contribution in [3.63, 3.8) is 0 Å². The van der Waals surface area contributed by atoms with E-state index in [2.05, 4.69) is 155 Å². The van der Waals surface area contributed by atoms with Crippen molar-refractivity contribution >= 4 is 80.9 Å². The molecule has 0 aliphatic heterocycles. The van der Waals surface area contributed by atoms with Crippen LogP contribution in [-0.2, 0) is 0 Å². The Morgan fingerprint density at radius 3 is 1.75 bits per heavy atom. The molecule has 0 saturated carbocycles. The van der Waals surface area contributed by atoms with Gasteiger partial charge in [0.05, 0.1) is 28.0 Å². The Hall–Kier alpha value is -6.93. The molecule has 0 radical (unpaired) electrons. The molecule has 3 nitrogen and oxygen atoms in total. The average molecular weight is 693 g/mol. The number of aromatic nitrogens is 1. The van der Waals surface area contributed by atoms with Crippen LogP contribution in [0.15, 0.2) is 174 Å². The third-order valence-corrected chi connectivity index (χ3v) is 11.9. The molecule has 0 amide bonds. The van der Waals surface area contributed by atoms with E-state index in [1.165, 1.54) is 33.0 Å². The standard InChI is InChI=1S/C49H28N2OS/c1-50-41-29-34(35-17-11-21-46-47(35)37-16-8-9-20-45(37)52-46)28-40-36-18-10-19-44(49(36)53-48(40)41)51-42-24-22-32(30-12-4-2-5-13-30)26-38(42)39-27-33(23-25-43(39)51)31-14-6-3-7-15-31/h2-29H. The number of furan rings is 1. The van der Waals surface area contributed by atoms with Gasteiger partial charge in [0.2, 0.25) is 5.69 Å². The van der Waals surface area contributed by atoms with E-state index in [1.54, 1.807) is 11.3 Å². The van der Waals surface area contributed by atoms with Crippen molar-refractivity contribution in [2.45, 2.75) is 0 Å². The summed E-state index contributed by atoms with van der Waals surface area (Å²) in [7, 11) is 0. The van der Waals surface area contributed by atoms with Gasteiger partial charge < -0.3 is 8.98 Å². The molecule has 4 heteroatoms. The number of nitrogens with zero attached hydrogens (tertiary/aromatic N) is 2. The largest absolute Gasteiger partial charge is 0.456 e. The number of thiophene rings is 1. The molecular weight excluding hydrogens is 665 g/mol. The Kier molecular flexibility index (Phi) is 6.48. The van der Waals surface area contributed by atoms with Gasteiger partial charge in [-0.1, -0.05) is 115 Å². The highest BCUT2D eigenvalue weighted by Gasteiger charge is 2.21. The lowest BCUT2D eigenvalue weighted by Crippen LogP contribution is -1.94. The molecular formula is C49H28N2OS. The Labute approximate surface area is 309 Å². The van der Waals surface area contributed by atoms with E-state index in [-0.39, 0.29) is 0 Å². The van der Waals surface area contributed by atoms with Gasteiger partial charge in [-0.3, -0.25) is 0 Å². The third kappa shape index (κ3) is 4.52. The minimum absolute atomic E-state index is 0.664. The molecule has 3 aromatic heterocycles. The summed E-state index contributed by atoms with van der Waals surface area (Å²) in [5.74, 6) is 0. The first kappa shape index (κ1) is 29.8. The predicted octanol–water partition coefficient (Wildman–Crippen LogP) is 14.6. The predicted molar refractivity (Wildman–Crippen MR) is 224 cm³/mol. The fourth-order valence-corrected chi connectivity index (χ4v) is 9.44. The minimum Gasteiger partial charge on any atom is -0.456 e. The molecule has 11 aromatic rings. The summed E-state index contributed by atoms with van der Waals surface area (Å²) in [6, 6.07) is 60.2. The van der Waals surface area contributed by atoms with Crippen molar-refractivity contribution in [2.75, 3.05) is 0 Å². The first-order valence-corrected chi connectivity index (χ1v) is 18.5. The maximum Gasteiger partial charge on any atom is 0.205 e. The van der Waals surface area contributed by atoms with Gasteiger partial charge in [-0.25, -0.2) is 4.85 Å². The first-order valence-electron chi connectivity index (χ1n) is 17.7. The van der Waals surface area contributed by atoms with Crippen molar-refractivity contribution in [1.82, 2.24) is 4.57 Å². The Balaban J connectivity index is 1.17. The normalized spacial score (nSPS) is 11.8. The molecule has 0 spiro atoms. The zero-order chi connectivity index (χ0) is 35.0. The lowest BCUT2D eigenvalue weighted by atomic mass is 9.97. The molecule has 8 aromatic carbocycles. The summed E-state index contributed by atoms with van der Waals surface area (Å²) in [6.45, 7) is 8.32. The zero-order valence-corrected chi connectivity index (χ0v) is 29.2. The van der Waals surface area contributed by atoms with E-state index in [0.717, 1.165) is 70.0 Å². The van der Waals surface area contributed by atoms with E-state index in [1.807, 2.05) is 24.3 Å². The maximum absolute atomic E-state index is 8.32. The second kappa shape index (κ2) is 11.5. The van der Waals surface area contributed by atoms with Crippen LogP contribution in [0.3, 0.4) is 0 Å². The quantitative estimate of drug-likeness (QED) is 0.168. The fraction of sp³-hybridized carbons (Fsp3) is 0. The fourth-order valence-electron chi connectivity index (χ4n) is 8.20. The van der Waals surface area contributed by atoms with Crippen LogP contribution in [0.5, 0.6) is 0 Å². The molecule has 0 fully saturated rings. The number of hydrogen-bond acceptors (Lipinski definition) is 2. The van der Waals surface area contributed by atoms with E-state index < -0.39 is 0 Å². The van der Waals surface area contributed by atoms with Gasteiger partial charge in [0.25, 0.3) is 0 Å². The van der Waals surface area contributed by atoms with E-state index >= 15 is 0 Å². The first-order chi connectivity index (χ1) is 26.2. The van der Waals surface area contributed by atoms with Gasteiger partial charge in [-0.15, -0.1) is 11.3 Å². The summed E-state index contributed by atoms with van der Waals surface area (Å²) in [4.78, 5) is 4.11. The molecule has 0 saturated heterocycles. The van der Waals surface area contributed by atoms with Gasteiger partial charge in [0, 0.05) is 31.6 Å². The van der Waals surface area contributed by atoms with Gasteiger partial charge in [0.15, 0.2) is 0 Å². The molecule has 0 atom stereocenters. The van der Waals surface area contributed by atoms with Crippen LogP contribution in [0.4, 0.5) is 5.69 Å². The third-order valence-electron chi connectivity index (χ3n) is 10.6. The SMILES string of the molecule is [C-]#[N+]c1cc(-c2cccc3oc4ccccc4c23)cc2c1sc1c(-n3c4ccc(-c5ccccc5)cc4c4cc(-c5ccccc5)ccc43)cccc12. The highest BCUT2D eigenvalue weighted by Crippen LogP contribution is 2.47. The second-order valence-corrected chi connectivity index (χ2v) is 14.6. The molecule has 246 valence electrons. The highest BCUT2D eigenvalue weighted by molar-refractivity contribution is 7.26.